The van der Waals surface area contributed by atoms with Crippen molar-refractivity contribution in [2.45, 2.75) is 13.5 Å². The maximum Gasteiger partial charge on any atom is 0.102 e. The Labute approximate surface area is 160 Å². The first kappa shape index (κ1) is 17.4. The van der Waals surface area contributed by atoms with Crippen molar-refractivity contribution in [3.8, 4) is 17.3 Å². The number of hydrogen-bond acceptors (Lipinski definition) is 4. The highest BCUT2D eigenvalue weighted by Gasteiger charge is 2.20. The summed E-state index contributed by atoms with van der Waals surface area (Å²) in [5, 5.41) is 10.9. The molecule has 1 fully saturated rings. The summed E-state index contributed by atoms with van der Waals surface area (Å²) in [6.07, 6.45) is 0. The summed E-state index contributed by atoms with van der Waals surface area (Å²) in [6.45, 7) is 7.16. The lowest BCUT2D eigenvalue weighted by molar-refractivity contribution is 0.313. The zero-order valence-electron chi connectivity index (χ0n) is 15.9. The van der Waals surface area contributed by atoms with Crippen LogP contribution in [0.2, 0.25) is 0 Å². The third kappa shape index (κ3) is 3.02. The van der Waals surface area contributed by atoms with E-state index < -0.39 is 0 Å². The number of nitrogens with two attached hydrogens (primary N) is 1. The molecule has 0 amide bonds. The minimum absolute atomic E-state index is 0.730. The van der Waals surface area contributed by atoms with Gasteiger partial charge in [-0.15, -0.1) is 0 Å². The van der Waals surface area contributed by atoms with E-state index in [4.69, 9.17) is 5.73 Å². The molecule has 27 heavy (non-hydrogen) atoms. The van der Waals surface area contributed by atoms with E-state index in [9.17, 15) is 5.26 Å². The van der Waals surface area contributed by atoms with Crippen molar-refractivity contribution in [3.63, 3.8) is 0 Å². The number of nitriles is 1. The Morgan fingerprint density at radius 1 is 1.04 bits per heavy atom. The molecular weight excluding hydrogens is 334 g/mol. The fraction of sp³-hybridized carbons (Fsp3) is 0.318. The first-order chi connectivity index (χ1) is 13.1. The van der Waals surface area contributed by atoms with Gasteiger partial charge in [0, 0.05) is 49.5 Å². The predicted molar refractivity (Wildman–Crippen MR) is 112 cm³/mol. The molecule has 1 aromatic heterocycles. The number of benzene rings is 2. The Hall–Kier alpha value is -2.97. The van der Waals surface area contributed by atoms with Gasteiger partial charge in [0.05, 0.1) is 16.8 Å². The van der Waals surface area contributed by atoms with Gasteiger partial charge in [0.15, 0.2) is 0 Å². The molecule has 2 aromatic carbocycles. The van der Waals surface area contributed by atoms with Crippen molar-refractivity contribution in [3.05, 3.63) is 48.0 Å². The van der Waals surface area contributed by atoms with Crippen LogP contribution >= 0.6 is 0 Å². The molecule has 1 saturated heterocycles. The molecule has 5 heteroatoms. The van der Waals surface area contributed by atoms with Crippen LogP contribution in [0.1, 0.15) is 12.5 Å². The Balaban J connectivity index is 1.86. The van der Waals surface area contributed by atoms with E-state index >= 15 is 0 Å². The minimum atomic E-state index is 0.730. The molecule has 1 aliphatic rings. The van der Waals surface area contributed by atoms with Gasteiger partial charge in [-0.1, -0.05) is 12.1 Å². The smallest absolute Gasteiger partial charge is 0.102 e. The number of hydrogen-bond donors (Lipinski definition) is 1. The fourth-order valence-electron chi connectivity index (χ4n) is 3.98. The van der Waals surface area contributed by atoms with Gasteiger partial charge in [0.25, 0.3) is 0 Å². The molecule has 0 spiro atoms. The molecule has 2 N–H and O–H groups in total. The van der Waals surface area contributed by atoms with Gasteiger partial charge in [0.2, 0.25) is 0 Å². The number of aromatic nitrogens is 1. The number of nitrogens with zero attached hydrogens (tertiary/aromatic N) is 4. The second kappa shape index (κ2) is 6.98. The first-order valence-corrected chi connectivity index (χ1v) is 9.48. The highest BCUT2D eigenvalue weighted by Crippen LogP contribution is 2.35. The number of anilines is 2. The fourth-order valence-corrected chi connectivity index (χ4v) is 3.98. The molecular formula is C22H25N5. The minimum Gasteiger partial charge on any atom is -0.399 e. The Kier molecular flexibility index (Phi) is 4.51. The lowest BCUT2D eigenvalue weighted by Gasteiger charge is -2.34. The van der Waals surface area contributed by atoms with E-state index in [-0.39, 0.29) is 0 Å². The van der Waals surface area contributed by atoms with Crippen LogP contribution in [0.25, 0.3) is 22.2 Å². The van der Waals surface area contributed by atoms with E-state index in [1.54, 1.807) is 0 Å². The molecule has 0 bridgehead atoms. The summed E-state index contributed by atoms with van der Waals surface area (Å²) in [5.74, 6) is 0. The Morgan fingerprint density at radius 3 is 2.37 bits per heavy atom. The van der Waals surface area contributed by atoms with Crippen molar-refractivity contribution >= 4 is 22.3 Å². The normalized spacial score (nSPS) is 15.2. The first-order valence-electron chi connectivity index (χ1n) is 9.48. The van der Waals surface area contributed by atoms with E-state index in [1.807, 2.05) is 24.3 Å². The molecule has 0 radical (unpaired) electrons. The molecule has 0 unspecified atom stereocenters. The zero-order chi connectivity index (χ0) is 19.0. The van der Waals surface area contributed by atoms with Crippen LogP contribution in [0.15, 0.2) is 42.5 Å². The summed E-state index contributed by atoms with van der Waals surface area (Å²) >= 11 is 0. The van der Waals surface area contributed by atoms with Crippen LogP contribution in [0.5, 0.6) is 0 Å². The van der Waals surface area contributed by atoms with Crippen molar-refractivity contribution in [1.82, 2.24) is 9.47 Å². The lowest BCUT2D eigenvalue weighted by atomic mass is 10.1. The van der Waals surface area contributed by atoms with Crippen molar-refractivity contribution in [2.24, 2.45) is 0 Å². The average molecular weight is 359 g/mol. The molecule has 5 nitrogen and oxygen atoms in total. The number of piperazine rings is 1. The number of aryl methyl sites for hydroxylation is 1. The summed E-state index contributed by atoms with van der Waals surface area (Å²) in [5.41, 5.74) is 11.7. The summed E-state index contributed by atoms with van der Waals surface area (Å²) in [7, 11) is 2.17. The molecule has 3 aromatic rings. The maximum atomic E-state index is 9.88. The third-order valence-corrected chi connectivity index (χ3v) is 5.53. The molecule has 0 atom stereocenters. The van der Waals surface area contributed by atoms with Gasteiger partial charge in [-0.3, -0.25) is 0 Å². The van der Waals surface area contributed by atoms with Gasteiger partial charge in [0.1, 0.15) is 6.07 Å². The SMILES string of the molecule is CCn1c(-c2ccc(N)cc2)c(C#N)c2ccc(N3CCN(C)CC3)cc21. The second-order valence-electron chi connectivity index (χ2n) is 7.19. The van der Waals surface area contributed by atoms with Crippen molar-refractivity contribution in [1.29, 1.82) is 5.26 Å². The molecule has 1 aliphatic heterocycles. The van der Waals surface area contributed by atoms with Gasteiger partial charge in [-0.2, -0.15) is 5.26 Å². The zero-order valence-corrected chi connectivity index (χ0v) is 15.9. The second-order valence-corrected chi connectivity index (χ2v) is 7.19. The van der Waals surface area contributed by atoms with Crippen LogP contribution in [0.4, 0.5) is 11.4 Å². The lowest BCUT2D eigenvalue weighted by Crippen LogP contribution is -2.44. The average Bonchev–Trinajstić information content (AvgIpc) is 3.01. The summed E-state index contributed by atoms with van der Waals surface area (Å²) in [6, 6.07) is 16.7. The largest absolute Gasteiger partial charge is 0.399 e. The quantitative estimate of drug-likeness (QED) is 0.727. The number of likely N-dealkylation sites (N-methyl/N-ethyl adjacent to an activating group) is 1. The van der Waals surface area contributed by atoms with Gasteiger partial charge < -0.3 is 20.1 Å². The van der Waals surface area contributed by atoms with E-state index in [2.05, 4.69) is 52.6 Å². The van der Waals surface area contributed by atoms with Gasteiger partial charge in [-0.25, -0.2) is 0 Å². The molecule has 0 saturated carbocycles. The van der Waals surface area contributed by atoms with Crippen LogP contribution < -0.4 is 10.6 Å². The monoisotopic (exact) mass is 359 g/mol. The van der Waals surface area contributed by atoms with Crippen molar-refractivity contribution in [2.75, 3.05) is 43.9 Å². The standard InChI is InChI=1S/C22H25N5/c1-3-27-21-14-18(26-12-10-25(2)11-13-26)8-9-19(21)20(15-23)22(27)16-4-6-17(24)7-5-16/h4-9,14H,3,10-13,24H2,1-2H3. The summed E-state index contributed by atoms with van der Waals surface area (Å²) < 4.78 is 2.25. The molecule has 2 heterocycles. The van der Waals surface area contributed by atoms with Crippen molar-refractivity contribution < 1.29 is 0 Å². The van der Waals surface area contributed by atoms with E-state index in [0.717, 1.165) is 66.1 Å². The number of rotatable bonds is 3. The molecule has 138 valence electrons. The van der Waals surface area contributed by atoms with Crippen LogP contribution in [0, 0.1) is 11.3 Å². The molecule has 0 aliphatic carbocycles. The predicted octanol–water partition coefficient (Wildman–Crippen LogP) is 3.53. The third-order valence-electron chi connectivity index (χ3n) is 5.53. The van der Waals surface area contributed by atoms with Crippen LogP contribution in [-0.2, 0) is 6.54 Å². The van der Waals surface area contributed by atoms with Gasteiger partial charge >= 0.3 is 0 Å². The van der Waals surface area contributed by atoms with E-state index in [1.165, 1.54) is 5.69 Å². The van der Waals surface area contributed by atoms with E-state index in [0.29, 0.717) is 0 Å². The number of nitrogen functional groups attached to an aromatic ring is 1. The Morgan fingerprint density at radius 2 is 1.74 bits per heavy atom. The summed E-state index contributed by atoms with van der Waals surface area (Å²) in [4.78, 5) is 4.79. The maximum absolute atomic E-state index is 9.88. The molecule has 4 rings (SSSR count). The van der Waals surface area contributed by atoms with Gasteiger partial charge in [-0.05, 0) is 49.9 Å². The van der Waals surface area contributed by atoms with Crippen LogP contribution in [0.3, 0.4) is 0 Å². The highest BCUT2D eigenvalue weighted by atomic mass is 15.2. The highest BCUT2D eigenvalue weighted by molar-refractivity contribution is 5.96. The number of fused-ring (bicyclic) bond motifs is 1. The topological polar surface area (TPSA) is 61.2 Å². The Bertz CT molecular complexity index is 1000. The van der Waals surface area contributed by atoms with Crippen LogP contribution in [-0.4, -0.2) is 42.7 Å².